The topological polar surface area (TPSA) is 76.8 Å². The highest BCUT2D eigenvalue weighted by atomic mass is 16.5. The van der Waals surface area contributed by atoms with Crippen molar-refractivity contribution in [1.29, 1.82) is 0 Å². The number of hydrogen-bond acceptors (Lipinski definition) is 6. The molecule has 0 spiro atoms. The zero-order valence-corrected chi connectivity index (χ0v) is 16.0. The van der Waals surface area contributed by atoms with Crippen molar-refractivity contribution in [2.24, 2.45) is 0 Å². The van der Waals surface area contributed by atoms with Crippen molar-refractivity contribution in [2.45, 2.75) is 26.9 Å². The average Bonchev–Trinajstić information content (AvgIpc) is 3.02. The molecule has 1 saturated heterocycles. The normalized spacial score (nSPS) is 14.9. The SMILES string of the molecule is Cc1noc(C)c1COc1cccc(C(=O)NCCCN2CCOCC2)c1. The standard InChI is InChI=1S/C20H27N3O4/c1-15-19(16(2)27-22-15)14-26-18-6-3-5-17(13-18)20(24)21-7-4-8-23-9-11-25-12-10-23/h3,5-6,13H,4,7-12,14H2,1-2H3,(H,21,24). The molecule has 2 heterocycles. The maximum absolute atomic E-state index is 12.4. The van der Waals surface area contributed by atoms with Gasteiger partial charge in [0, 0.05) is 25.2 Å². The summed E-state index contributed by atoms with van der Waals surface area (Å²) in [4.78, 5) is 14.7. The summed E-state index contributed by atoms with van der Waals surface area (Å²) in [5, 5.41) is 6.90. The number of benzene rings is 1. The summed E-state index contributed by atoms with van der Waals surface area (Å²) < 4.78 is 16.3. The lowest BCUT2D eigenvalue weighted by molar-refractivity contribution is 0.0374. The highest BCUT2D eigenvalue weighted by Crippen LogP contribution is 2.18. The Bertz CT molecular complexity index is 734. The minimum Gasteiger partial charge on any atom is -0.489 e. The number of nitrogens with zero attached hydrogens (tertiary/aromatic N) is 2. The monoisotopic (exact) mass is 373 g/mol. The van der Waals surface area contributed by atoms with Gasteiger partial charge in [0.2, 0.25) is 0 Å². The number of carbonyl (C=O) groups is 1. The summed E-state index contributed by atoms with van der Waals surface area (Å²) in [6.45, 7) is 9.28. The molecule has 146 valence electrons. The summed E-state index contributed by atoms with van der Waals surface area (Å²) in [7, 11) is 0. The maximum Gasteiger partial charge on any atom is 0.251 e. The molecular formula is C20H27N3O4. The number of rotatable bonds is 8. The smallest absolute Gasteiger partial charge is 0.251 e. The molecule has 7 nitrogen and oxygen atoms in total. The van der Waals surface area contributed by atoms with E-state index in [4.69, 9.17) is 14.0 Å². The lowest BCUT2D eigenvalue weighted by atomic mass is 10.2. The van der Waals surface area contributed by atoms with E-state index < -0.39 is 0 Å². The fourth-order valence-electron chi connectivity index (χ4n) is 3.02. The first kappa shape index (κ1) is 19.4. The van der Waals surface area contributed by atoms with Gasteiger partial charge in [0.25, 0.3) is 5.91 Å². The van der Waals surface area contributed by atoms with Crippen LogP contribution < -0.4 is 10.1 Å². The van der Waals surface area contributed by atoms with Crippen LogP contribution >= 0.6 is 0 Å². The van der Waals surface area contributed by atoms with E-state index in [1.54, 1.807) is 12.1 Å². The van der Waals surface area contributed by atoms with Crippen LogP contribution in [0.2, 0.25) is 0 Å². The van der Waals surface area contributed by atoms with E-state index >= 15 is 0 Å². The third-order valence-corrected chi connectivity index (χ3v) is 4.70. The van der Waals surface area contributed by atoms with E-state index in [9.17, 15) is 4.79 Å². The van der Waals surface area contributed by atoms with E-state index in [0.29, 0.717) is 24.5 Å². The lowest BCUT2D eigenvalue weighted by Gasteiger charge is -2.26. The van der Waals surface area contributed by atoms with Crippen molar-refractivity contribution in [3.05, 3.63) is 46.8 Å². The van der Waals surface area contributed by atoms with Gasteiger partial charge in [-0.1, -0.05) is 11.2 Å². The average molecular weight is 373 g/mol. The number of nitrogens with one attached hydrogen (secondary N) is 1. The van der Waals surface area contributed by atoms with Crippen molar-refractivity contribution in [2.75, 3.05) is 39.4 Å². The molecule has 1 aliphatic heterocycles. The van der Waals surface area contributed by atoms with Crippen molar-refractivity contribution in [3.8, 4) is 5.75 Å². The van der Waals surface area contributed by atoms with Crippen LogP contribution in [0.1, 0.15) is 33.8 Å². The Morgan fingerprint density at radius 2 is 2.11 bits per heavy atom. The van der Waals surface area contributed by atoms with E-state index in [2.05, 4.69) is 15.4 Å². The largest absolute Gasteiger partial charge is 0.489 e. The molecule has 0 unspecified atom stereocenters. The molecule has 1 aliphatic rings. The predicted molar refractivity (Wildman–Crippen MR) is 101 cm³/mol. The van der Waals surface area contributed by atoms with Gasteiger partial charge < -0.3 is 19.3 Å². The molecule has 1 fully saturated rings. The van der Waals surface area contributed by atoms with E-state index in [0.717, 1.165) is 56.3 Å². The van der Waals surface area contributed by atoms with Crippen LogP contribution in [-0.4, -0.2) is 55.4 Å². The minimum absolute atomic E-state index is 0.0835. The molecule has 1 N–H and O–H groups in total. The van der Waals surface area contributed by atoms with Crippen LogP contribution in [0.5, 0.6) is 5.75 Å². The summed E-state index contributed by atoms with van der Waals surface area (Å²) >= 11 is 0. The number of carbonyl (C=O) groups excluding carboxylic acids is 1. The molecule has 3 rings (SSSR count). The molecule has 0 atom stereocenters. The minimum atomic E-state index is -0.0835. The number of aromatic nitrogens is 1. The molecule has 2 aromatic rings. The first-order valence-electron chi connectivity index (χ1n) is 9.36. The highest BCUT2D eigenvalue weighted by molar-refractivity contribution is 5.94. The molecule has 0 bridgehead atoms. The third-order valence-electron chi connectivity index (χ3n) is 4.70. The molecule has 27 heavy (non-hydrogen) atoms. The fourth-order valence-corrected chi connectivity index (χ4v) is 3.02. The molecule has 0 radical (unpaired) electrons. The molecule has 7 heteroatoms. The van der Waals surface area contributed by atoms with Gasteiger partial charge in [0.15, 0.2) is 0 Å². The molecule has 0 saturated carbocycles. The van der Waals surface area contributed by atoms with Crippen molar-refractivity contribution in [1.82, 2.24) is 15.4 Å². The van der Waals surface area contributed by atoms with E-state index in [1.165, 1.54) is 0 Å². The van der Waals surface area contributed by atoms with Crippen molar-refractivity contribution < 1.29 is 18.8 Å². The quantitative estimate of drug-likeness (QED) is 0.716. The van der Waals surface area contributed by atoms with Gasteiger partial charge in [-0.3, -0.25) is 9.69 Å². The van der Waals surface area contributed by atoms with Crippen molar-refractivity contribution in [3.63, 3.8) is 0 Å². The Kier molecular flexibility index (Phi) is 6.84. The van der Waals surface area contributed by atoms with Crippen LogP contribution in [0.4, 0.5) is 0 Å². The Hall–Kier alpha value is -2.38. The zero-order valence-electron chi connectivity index (χ0n) is 16.0. The van der Waals surface area contributed by atoms with Gasteiger partial charge in [-0.15, -0.1) is 0 Å². The Balaban J connectivity index is 1.45. The summed E-state index contributed by atoms with van der Waals surface area (Å²) in [6.07, 6.45) is 0.925. The second-order valence-electron chi connectivity index (χ2n) is 6.68. The first-order valence-corrected chi connectivity index (χ1v) is 9.36. The Morgan fingerprint density at radius 3 is 2.85 bits per heavy atom. The predicted octanol–water partition coefficient (Wildman–Crippen LogP) is 2.32. The number of ether oxygens (including phenoxy) is 2. The van der Waals surface area contributed by atoms with Crippen LogP contribution in [0, 0.1) is 13.8 Å². The number of morpholine rings is 1. The van der Waals surface area contributed by atoms with Crippen molar-refractivity contribution >= 4 is 5.91 Å². The van der Waals surface area contributed by atoms with Gasteiger partial charge in [0.05, 0.1) is 24.5 Å². The maximum atomic E-state index is 12.4. The van der Waals surface area contributed by atoms with E-state index in [-0.39, 0.29) is 5.91 Å². The summed E-state index contributed by atoms with van der Waals surface area (Å²) in [5.74, 6) is 1.32. The van der Waals surface area contributed by atoms with Crippen LogP contribution in [0.15, 0.2) is 28.8 Å². The summed E-state index contributed by atoms with van der Waals surface area (Å²) in [5.41, 5.74) is 2.35. The number of hydrogen-bond donors (Lipinski definition) is 1. The fraction of sp³-hybridized carbons (Fsp3) is 0.500. The molecule has 1 amide bonds. The van der Waals surface area contributed by atoms with Gasteiger partial charge in [-0.25, -0.2) is 0 Å². The lowest BCUT2D eigenvalue weighted by Crippen LogP contribution is -2.38. The molecule has 0 aliphatic carbocycles. The molecule has 1 aromatic heterocycles. The molecular weight excluding hydrogens is 346 g/mol. The number of amides is 1. The second kappa shape index (κ2) is 9.53. The Labute approximate surface area is 159 Å². The van der Waals surface area contributed by atoms with Gasteiger partial charge in [0.1, 0.15) is 18.1 Å². The third kappa shape index (κ3) is 5.55. The summed E-state index contributed by atoms with van der Waals surface area (Å²) in [6, 6.07) is 7.22. The van der Waals surface area contributed by atoms with Gasteiger partial charge in [-0.05, 0) is 45.0 Å². The van der Waals surface area contributed by atoms with Gasteiger partial charge >= 0.3 is 0 Å². The van der Waals surface area contributed by atoms with Crippen LogP contribution in [0.25, 0.3) is 0 Å². The van der Waals surface area contributed by atoms with Crippen LogP contribution in [-0.2, 0) is 11.3 Å². The molecule has 1 aromatic carbocycles. The first-order chi connectivity index (χ1) is 13.1. The van der Waals surface area contributed by atoms with E-state index in [1.807, 2.05) is 26.0 Å². The van der Waals surface area contributed by atoms with Crippen LogP contribution in [0.3, 0.4) is 0 Å². The van der Waals surface area contributed by atoms with Gasteiger partial charge in [-0.2, -0.15) is 0 Å². The number of aryl methyl sites for hydroxylation is 2. The Morgan fingerprint density at radius 1 is 1.30 bits per heavy atom. The second-order valence-corrected chi connectivity index (χ2v) is 6.68. The highest BCUT2D eigenvalue weighted by Gasteiger charge is 2.12. The zero-order chi connectivity index (χ0) is 19.1.